The monoisotopic (exact) mass is 746 g/mol. The quantitative estimate of drug-likeness (QED) is 0.130. The molecule has 0 saturated carbocycles. The Balaban J connectivity index is 1.56. The molecule has 0 N–H and O–H groups in total. The summed E-state index contributed by atoms with van der Waals surface area (Å²) in [7, 11) is 134. The Kier molecular flexibility index (Phi) is 10.5. The summed E-state index contributed by atoms with van der Waals surface area (Å²) >= 11 is 0. The molecule has 1 heterocycles. The van der Waals surface area contributed by atoms with Crippen LogP contribution in [0.5, 0.6) is 0 Å². The maximum atomic E-state index is 7.22. The molecule has 21 heteroatoms. The van der Waals surface area contributed by atoms with Crippen molar-refractivity contribution in [3.05, 3.63) is 36.4 Å². The highest BCUT2D eigenvalue weighted by molar-refractivity contribution is 6.74. The Morgan fingerprint density at radius 1 is 0.222 bits per heavy atom. The molecular weight excluding hydrogens is 737 g/mol. The first-order chi connectivity index (χ1) is 29.7. The van der Waals surface area contributed by atoms with E-state index < -0.39 is 0 Å². The average molecular weight is 743 g/mol. The van der Waals surface area contributed by atoms with Gasteiger partial charge in [0.2, 0.25) is 0 Å². The van der Waals surface area contributed by atoms with Crippen molar-refractivity contribution in [3.63, 3.8) is 0 Å². The summed E-state index contributed by atoms with van der Waals surface area (Å²) in [6.07, 6.45) is 0. The van der Waals surface area contributed by atoms with Gasteiger partial charge >= 0.3 is 0 Å². The summed E-state index contributed by atoms with van der Waals surface area (Å²) in [5.74, 6) is 0. The first kappa shape index (κ1) is 43.9. The van der Waals surface area contributed by atoms with Crippen LogP contribution in [0.25, 0.3) is 87.6 Å². The summed E-state index contributed by atoms with van der Waals surface area (Å²) in [4.78, 5) is 0. The first-order valence-corrected chi connectivity index (χ1v) is 18.9. The zero-order valence-corrected chi connectivity index (χ0v) is 33.4. The normalized spacial score (nSPS) is 11.8. The molecule has 9 aromatic rings. The van der Waals surface area contributed by atoms with Gasteiger partial charge in [-0.1, -0.05) is 96.5 Å². The molecule has 1 aromatic heterocycles. The Hall–Kier alpha value is -4.36. The Morgan fingerprint density at radius 3 is 0.937 bits per heavy atom. The summed E-state index contributed by atoms with van der Waals surface area (Å²) in [5, 5.41) is 2.58. The molecule has 0 amide bonds. The summed E-state index contributed by atoms with van der Waals surface area (Å²) in [5.41, 5.74) is 2.25. The summed E-state index contributed by atoms with van der Waals surface area (Å²) in [6.45, 7) is 0. The molecule has 0 aliphatic rings. The Labute approximate surface area is 392 Å². The smallest absolute Gasteiger partial charge is 0.127 e. The van der Waals surface area contributed by atoms with E-state index in [1.54, 1.807) is 12.1 Å². The van der Waals surface area contributed by atoms with Gasteiger partial charge in [-0.15, -0.1) is 49.2 Å². The molecule has 0 fully saturated rings. The topological polar surface area (TPSA) is 13.1 Å². The maximum absolute atomic E-state index is 7.22. The van der Waals surface area contributed by atoms with E-state index in [1.165, 1.54) is 0 Å². The molecule has 1 nitrogen and oxygen atoms in total. The van der Waals surface area contributed by atoms with Crippen LogP contribution >= 0.6 is 0 Å². The second-order valence-corrected chi connectivity index (χ2v) is 15.5. The maximum Gasteiger partial charge on any atom is 0.127 e. The van der Waals surface area contributed by atoms with Gasteiger partial charge in [0.15, 0.2) is 0 Å². The van der Waals surface area contributed by atoms with Gasteiger partial charge in [-0.25, -0.2) is 0 Å². The van der Waals surface area contributed by atoms with Gasteiger partial charge in [0.05, 0.1) is 0 Å². The lowest BCUT2D eigenvalue weighted by Crippen LogP contribution is -2.55. The Bertz CT molecular complexity index is 3520. The number of hydrogen-bond acceptors (Lipinski definition) is 1. The third-order valence-electron chi connectivity index (χ3n) is 12.4. The second-order valence-electron chi connectivity index (χ2n) is 15.5. The van der Waals surface area contributed by atoms with E-state index in [0.717, 1.165) is 0 Å². The van der Waals surface area contributed by atoms with Crippen molar-refractivity contribution in [1.82, 2.24) is 0 Å². The fourth-order valence-corrected chi connectivity index (χ4v) is 9.01. The van der Waals surface area contributed by atoms with E-state index in [9.17, 15) is 0 Å². The minimum atomic E-state index is -0.0822. The van der Waals surface area contributed by atoms with E-state index in [4.69, 9.17) is 161 Å². The van der Waals surface area contributed by atoms with Gasteiger partial charge < -0.3 is 4.42 Å². The van der Waals surface area contributed by atoms with Crippen LogP contribution in [0, 0.1) is 0 Å². The highest BCUT2D eigenvalue weighted by atomic mass is 16.3. The first-order valence-electron chi connectivity index (χ1n) is 18.9. The molecule has 9 rings (SSSR count). The summed E-state index contributed by atoms with van der Waals surface area (Å²) < 4.78 is 6.18. The van der Waals surface area contributed by atoms with Crippen LogP contribution in [0.15, 0.2) is 40.8 Å². The van der Waals surface area contributed by atoms with Gasteiger partial charge in [0.25, 0.3) is 0 Å². The Morgan fingerprint density at radius 2 is 0.508 bits per heavy atom. The highest BCUT2D eigenvalue weighted by Crippen LogP contribution is 2.44. The minimum absolute atomic E-state index is 0.000411. The molecule has 0 aliphatic carbocycles. The number of benzene rings is 8. The number of furan rings is 1. The molecule has 40 radical (unpaired) electrons. The van der Waals surface area contributed by atoms with E-state index in [0.29, 0.717) is 33.0 Å². The molecule has 0 aliphatic heterocycles. The molecular formula is C42H6B20O. The lowest BCUT2D eigenvalue weighted by atomic mass is 9.58. The van der Waals surface area contributed by atoms with Gasteiger partial charge in [0.1, 0.15) is 168 Å². The van der Waals surface area contributed by atoms with Crippen LogP contribution in [-0.2, 0) is 0 Å². The predicted octanol–water partition coefficient (Wildman–Crippen LogP) is -12.1. The zero-order valence-electron chi connectivity index (χ0n) is 33.4. The van der Waals surface area contributed by atoms with E-state index in [2.05, 4.69) is 0 Å². The number of hydrogen-bond donors (Lipinski definition) is 0. The van der Waals surface area contributed by atoms with E-state index in [1.807, 2.05) is 24.3 Å². The van der Waals surface area contributed by atoms with Crippen LogP contribution in [0.1, 0.15) is 0 Å². The zero-order chi connectivity index (χ0) is 45.7. The molecule has 63 heavy (non-hydrogen) atoms. The van der Waals surface area contributed by atoms with E-state index >= 15 is 0 Å². The predicted molar refractivity (Wildman–Crippen MR) is 290 cm³/mol. The van der Waals surface area contributed by atoms with Crippen molar-refractivity contribution < 1.29 is 4.42 Å². The third kappa shape index (κ3) is 5.78. The fourth-order valence-electron chi connectivity index (χ4n) is 9.01. The molecule has 0 saturated heterocycles. The molecule has 0 atom stereocenters. The lowest BCUT2D eigenvalue weighted by Gasteiger charge is -2.30. The summed E-state index contributed by atoms with van der Waals surface area (Å²) in [6, 6.07) is 11.0. The van der Waals surface area contributed by atoms with Crippen molar-refractivity contribution in [2.45, 2.75) is 0 Å². The van der Waals surface area contributed by atoms with Crippen molar-refractivity contribution in [2.75, 3.05) is 0 Å². The standard InChI is InChI=1S/C42H6B20O/c43-21-18(28(50)39(61)41-19(21)20-29(51)36(58)38(60)40(62)42(20)63-41)13-16-14(24(46)32(54)34(56)26(16)48)11(15-17(13)27(49)35(57)33(55)25(15)47)9-5-6-10(8-4-2-1-3-7(8)9)12-22(44)30(52)37(59)31(53)23(12)45/h1-6H. The fraction of sp³-hybridized carbons (Fsp3) is 0. The van der Waals surface area contributed by atoms with Gasteiger partial charge in [0, 0.05) is 10.8 Å². The van der Waals surface area contributed by atoms with Crippen LogP contribution in [0.3, 0.4) is 0 Å². The minimum Gasteiger partial charge on any atom is -0.457 e. The van der Waals surface area contributed by atoms with Crippen LogP contribution in [0.4, 0.5) is 0 Å². The molecule has 0 bridgehead atoms. The van der Waals surface area contributed by atoms with Crippen molar-refractivity contribution >= 4 is 320 Å². The molecule has 240 valence electrons. The molecule has 0 spiro atoms. The average Bonchev–Trinajstić information content (AvgIpc) is 3.69. The van der Waals surface area contributed by atoms with Gasteiger partial charge in [-0.05, 0) is 65.7 Å². The van der Waals surface area contributed by atoms with E-state index in [-0.39, 0.29) is 164 Å². The third-order valence-corrected chi connectivity index (χ3v) is 12.4. The number of fused-ring (bicyclic) bond motifs is 6. The van der Waals surface area contributed by atoms with Crippen molar-refractivity contribution in [1.29, 1.82) is 0 Å². The lowest BCUT2D eigenvalue weighted by molar-refractivity contribution is 0.675. The van der Waals surface area contributed by atoms with Gasteiger partial charge in [-0.3, -0.25) is 0 Å². The highest BCUT2D eigenvalue weighted by Gasteiger charge is 2.29. The largest absolute Gasteiger partial charge is 0.457 e. The molecule has 8 aromatic carbocycles. The van der Waals surface area contributed by atoms with Crippen LogP contribution in [-0.4, -0.2) is 157 Å². The van der Waals surface area contributed by atoms with Crippen molar-refractivity contribution in [3.8, 4) is 33.4 Å². The van der Waals surface area contributed by atoms with Crippen LogP contribution in [0.2, 0.25) is 0 Å². The SMILES string of the molecule is [B]c1c([B])c([B])c(-c2ccc(-c3c4c([B])c([B])c([B])c([B])c4c(-c4c([B])c([B])c5oc6c([B])c([B])c([B])c([B])c6c5c4[B])c4c([B])c([B])c([B])c([B])c34)c3ccccc23)c([B])c1[B]. The number of rotatable bonds is 3. The molecule has 0 unspecified atom stereocenters. The van der Waals surface area contributed by atoms with Crippen molar-refractivity contribution in [2.24, 2.45) is 0 Å². The van der Waals surface area contributed by atoms with Gasteiger partial charge in [-0.2, -0.15) is 0 Å². The van der Waals surface area contributed by atoms with Crippen LogP contribution < -0.4 is 109 Å². The second kappa shape index (κ2) is 15.1.